The first-order valence-electron chi connectivity index (χ1n) is 10.5. The Balaban J connectivity index is 1.76. The summed E-state index contributed by atoms with van der Waals surface area (Å²) in [5, 5.41) is 3.47. The number of likely N-dealkylation sites (tertiary alicyclic amines) is 1. The fourth-order valence-corrected chi connectivity index (χ4v) is 3.46. The number of hydrogen-bond acceptors (Lipinski definition) is 5. The van der Waals surface area contributed by atoms with Crippen molar-refractivity contribution in [2.75, 3.05) is 58.5 Å². The van der Waals surface area contributed by atoms with Gasteiger partial charge in [0.2, 0.25) is 0 Å². The molecule has 0 amide bonds. The summed E-state index contributed by atoms with van der Waals surface area (Å²) in [6, 6.07) is 4.24. The molecule has 1 saturated heterocycles. The molecule has 2 rings (SSSR count). The van der Waals surface area contributed by atoms with E-state index < -0.39 is 0 Å². The summed E-state index contributed by atoms with van der Waals surface area (Å²) in [6.45, 7) is 10.5. The van der Waals surface area contributed by atoms with E-state index >= 15 is 0 Å². The van der Waals surface area contributed by atoms with Crippen molar-refractivity contribution in [1.29, 1.82) is 0 Å². The fourth-order valence-electron chi connectivity index (χ4n) is 3.46. The van der Waals surface area contributed by atoms with Gasteiger partial charge in [0.05, 0.1) is 6.10 Å². The molecule has 0 aromatic carbocycles. The van der Waals surface area contributed by atoms with E-state index in [9.17, 15) is 0 Å². The van der Waals surface area contributed by atoms with Crippen molar-refractivity contribution < 1.29 is 9.47 Å². The predicted molar refractivity (Wildman–Crippen MR) is 115 cm³/mol. The first-order valence-corrected chi connectivity index (χ1v) is 10.5. The van der Waals surface area contributed by atoms with Crippen LogP contribution in [-0.4, -0.2) is 75.5 Å². The third-order valence-corrected chi connectivity index (χ3v) is 5.15. The number of anilines is 1. The van der Waals surface area contributed by atoms with E-state index in [0.29, 0.717) is 6.10 Å². The number of nitrogens with zero attached hydrogens (tertiary/aromatic N) is 4. The van der Waals surface area contributed by atoms with E-state index in [1.807, 2.05) is 13.2 Å². The van der Waals surface area contributed by atoms with Gasteiger partial charge in [0.25, 0.3) is 0 Å². The van der Waals surface area contributed by atoms with Crippen molar-refractivity contribution in [2.24, 2.45) is 4.99 Å². The molecule has 0 unspecified atom stereocenters. The van der Waals surface area contributed by atoms with Gasteiger partial charge in [-0.1, -0.05) is 6.07 Å². The molecule has 1 aliphatic heterocycles. The van der Waals surface area contributed by atoms with Crippen LogP contribution in [0.25, 0.3) is 0 Å². The number of aliphatic imine (C=N–C) groups is 1. The van der Waals surface area contributed by atoms with Crippen LogP contribution in [0, 0.1) is 0 Å². The molecular weight excluding hydrogens is 354 g/mol. The molecule has 2 heterocycles. The highest BCUT2D eigenvalue weighted by Gasteiger charge is 2.21. The van der Waals surface area contributed by atoms with E-state index in [0.717, 1.165) is 82.5 Å². The van der Waals surface area contributed by atoms with Gasteiger partial charge in [0.1, 0.15) is 5.82 Å². The second-order valence-corrected chi connectivity index (χ2v) is 7.00. The van der Waals surface area contributed by atoms with Crippen LogP contribution in [0.1, 0.15) is 38.7 Å². The molecule has 0 atom stereocenters. The Hall–Kier alpha value is -1.86. The summed E-state index contributed by atoms with van der Waals surface area (Å²) >= 11 is 0. The lowest BCUT2D eigenvalue weighted by Gasteiger charge is -2.34. The minimum absolute atomic E-state index is 0.350. The van der Waals surface area contributed by atoms with Gasteiger partial charge in [-0.05, 0) is 44.7 Å². The lowest BCUT2D eigenvalue weighted by molar-refractivity contribution is 0.00989. The molecule has 0 aliphatic carbocycles. The Morgan fingerprint density at radius 2 is 2.00 bits per heavy atom. The zero-order chi connectivity index (χ0) is 20.2. The summed E-state index contributed by atoms with van der Waals surface area (Å²) in [5.41, 5.74) is 1.16. The summed E-state index contributed by atoms with van der Waals surface area (Å²) in [7, 11) is 3.57. The topological polar surface area (TPSA) is 62.2 Å². The quantitative estimate of drug-likeness (QED) is 0.376. The molecule has 7 nitrogen and oxygen atoms in total. The first-order chi connectivity index (χ1) is 13.7. The SMILES string of the molecule is CCN(CC)c1ccc(CNC(=NC)N2CCC(OCCCOC)CC2)cn1. The molecule has 0 radical (unpaired) electrons. The van der Waals surface area contributed by atoms with E-state index in [1.165, 1.54) is 0 Å². The normalized spacial score (nSPS) is 15.7. The maximum atomic E-state index is 5.95. The van der Waals surface area contributed by atoms with Crippen LogP contribution in [0.15, 0.2) is 23.3 Å². The minimum atomic E-state index is 0.350. The molecule has 7 heteroatoms. The zero-order valence-corrected chi connectivity index (χ0v) is 18.0. The zero-order valence-electron chi connectivity index (χ0n) is 18.0. The average molecular weight is 392 g/mol. The van der Waals surface area contributed by atoms with Crippen molar-refractivity contribution >= 4 is 11.8 Å². The summed E-state index contributed by atoms with van der Waals surface area (Å²) < 4.78 is 11.0. The molecule has 0 saturated carbocycles. The van der Waals surface area contributed by atoms with E-state index in [1.54, 1.807) is 7.11 Å². The lowest BCUT2D eigenvalue weighted by atomic mass is 10.1. The monoisotopic (exact) mass is 391 g/mol. The smallest absolute Gasteiger partial charge is 0.193 e. The molecule has 1 fully saturated rings. The molecule has 1 aromatic heterocycles. The van der Waals surface area contributed by atoms with E-state index in [-0.39, 0.29) is 0 Å². The molecule has 0 bridgehead atoms. The largest absolute Gasteiger partial charge is 0.385 e. The maximum absolute atomic E-state index is 5.95. The van der Waals surface area contributed by atoms with Crippen molar-refractivity contribution in [2.45, 2.75) is 45.8 Å². The Bertz CT molecular complexity index is 567. The Labute approximate surface area is 170 Å². The lowest BCUT2D eigenvalue weighted by Crippen LogP contribution is -2.46. The van der Waals surface area contributed by atoms with Gasteiger partial charge in [-0.25, -0.2) is 4.98 Å². The number of piperidine rings is 1. The van der Waals surface area contributed by atoms with Gasteiger partial charge < -0.3 is 24.6 Å². The number of aromatic nitrogens is 1. The minimum Gasteiger partial charge on any atom is -0.385 e. The third kappa shape index (κ3) is 6.95. The summed E-state index contributed by atoms with van der Waals surface area (Å²) in [4.78, 5) is 13.6. The number of rotatable bonds is 10. The Morgan fingerprint density at radius 3 is 2.57 bits per heavy atom. The van der Waals surface area contributed by atoms with Crippen molar-refractivity contribution in [3.05, 3.63) is 23.9 Å². The van der Waals surface area contributed by atoms with Crippen molar-refractivity contribution in [1.82, 2.24) is 15.2 Å². The molecule has 0 spiro atoms. The first kappa shape index (κ1) is 22.4. The van der Waals surface area contributed by atoms with Crippen LogP contribution in [0.5, 0.6) is 0 Å². The third-order valence-electron chi connectivity index (χ3n) is 5.15. The van der Waals surface area contributed by atoms with Crippen LogP contribution >= 0.6 is 0 Å². The highest BCUT2D eigenvalue weighted by atomic mass is 16.5. The number of pyridine rings is 1. The number of hydrogen-bond donors (Lipinski definition) is 1. The maximum Gasteiger partial charge on any atom is 0.193 e. The summed E-state index contributed by atoms with van der Waals surface area (Å²) in [6.07, 6.45) is 5.33. The van der Waals surface area contributed by atoms with Crippen molar-refractivity contribution in [3.63, 3.8) is 0 Å². The Morgan fingerprint density at radius 1 is 1.25 bits per heavy atom. The number of ether oxygens (including phenoxy) is 2. The average Bonchev–Trinajstić information content (AvgIpc) is 2.74. The number of methoxy groups -OCH3 is 1. The van der Waals surface area contributed by atoms with Crippen LogP contribution in [0.4, 0.5) is 5.82 Å². The van der Waals surface area contributed by atoms with Gasteiger partial charge in [-0.15, -0.1) is 0 Å². The van der Waals surface area contributed by atoms with Crippen molar-refractivity contribution in [3.8, 4) is 0 Å². The summed E-state index contributed by atoms with van der Waals surface area (Å²) in [5.74, 6) is 1.98. The fraction of sp³-hybridized carbons (Fsp3) is 0.714. The highest BCUT2D eigenvalue weighted by Crippen LogP contribution is 2.15. The molecular formula is C21H37N5O2. The standard InChI is InChI=1S/C21H37N5O2/c1-5-25(6-2)20-9-8-18(16-23-20)17-24-21(22-3)26-12-10-19(11-13-26)28-15-7-14-27-4/h8-9,16,19H,5-7,10-15,17H2,1-4H3,(H,22,24). The number of guanidine groups is 1. The predicted octanol–water partition coefficient (Wildman–Crippen LogP) is 2.52. The van der Waals surface area contributed by atoms with Gasteiger partial charge >= 0.3 is 0 Å². The molecule has 1 aromatic rings. The second kappa shape index (κ2) is 12.6. The van der Waals surface area contributed by atoms with Gasteiger partial charge in [0, 0.05) is 66.3 Å². The van der Waals surface area contributed by atoms with E-state index in [4.69, 9.17) is 9.47 Å². The molecule has 1 N–H and O–H groups in total. The van der Waals surface area contributed by atoms with Gasteiger partial charge in [-0.2, -0.15) is 0 Å². The van der Waals surface area contributed by atoms with Gasteiger partial charge in [-0.3, -0.25) is 4.99 Å². The Kier molecular flexibility index (Phi) is 10.1. The number of nitrogens with one attached hydrogen (secondary N) is 1. The molecule has 158 valence electrons. The van der Waals surface area contributed by atoms with Gasteiger partial charge in [0.15, 0.2) is 5.96 Å². The van der Waals surface area contributed by atoms with Crippen LogP contribution in [-0.2, 0) is 16.0 Å². The van der Waals surface area contributed by atoms with Crippen LogP contribution < -0.4 is 10.2 Å². The van der Waals surface area contributed by atoms with Crippen LogP contribution in [0.3, 0.4) is 0 Å². The molecule has 28 heavy (non-hydrogen) atoms. The molecule has 1 aliphatic rings. The van der Waals surface area contributed by atoms with Crippen LogP contribution in [0.2, 0.25) is 0 Å². The van der Waals surface area contributed by atoms with E-state index in [2.05, 4.69) is 51.1 Å². The second-order valence-electron chi connectivity index (χ2n) is 7.00. The highest BCUT2D eigenvalue weighted by molar-refractivity contribution is 5.79.